The van der Waals surface area contributed by atoms with Gasteiger partial charge in [0.2, 0.25) is 11.5 Å². The molecule has 0 amide bonds. The van der Waals surface area contributed by atoms with Crippen LogP contribution in [0.15, 0.2) is 28.9 Å². The van der Waals surface area contributed by atoms with Crippen LogP contribution >= 0.6 is 0 Å². The molecule has 0 unspecified atom stereocenters. The van der Waals surface area contributed by atoms with E-state index >= 15 is 0 Å². The summed E-state index contributed by atoms with van der Waals surface area (Å²) in [5.41, 5.74) is 2.42. The first-order valence-electron chi connectivity index (χ1n) is 5.87. The lowest BCUT2D eigenvalue weighted by Gasteiger charge is -2.03. The Morgan fingerprint density at radius 1 is 1.37 bits per heavy atom. The molecule has 0 radical (unpaired) electrons. The van der Waals surface area contributed by atoms with Gasteiger partial charge in [0.05, 0.1) is 6.26 Å². The van der Waals surface area contributed by atoms with E-state index in [1.807, 2.05) is 25.5 Å². The molecule has 0 bridgehead atoms. The summed E-state index contributed by atoms with van der Waals surface area (Å²) in [6, 6.07) is 4.87. The van der Waals surface area contributed by atoms with Crippen molar-refractivity contribution < 1.29 is 18.7 Å². The maximum Gasteiger partial charge on any atom is 0.374 e. The summed E-state index contributed by atoms with van der Waals surface area (Å²) >= 11 is 0. The molecule has 2 aromatic heterocycles. The number of esters is 1. The number of carbonyl (C=O) groups is 2. The largest absolute Gasteiger partial charge is 0.457 e. The van der Waals surface area contributed by atoms with Crippen molar-refractivity contribution in [3.63, 3.8) is 0 Å². The van der Waals surface area contributed by atoms with Crippen LogP contribution in [0.4, 0.5) is 0 Å². The number of furan rings is 1. The second kappa shape index (κ2) is 5.14. The lowest BCUT2D eigenvalue weighted by Crippen LogP contribution is -2.14. The zero-order chi connectivity index (χ0) is 14.0. The minimum Gasteiger partial charge on any atom is -0.457 e. The Labute approximate surface area is 110 Å². The molecule has 5 heteroatoms. The van der Waals surface area contributed by atoms with Crippen LogP contribution < -0.4 is 0 Å². The van der Waals surface area contributed by atoms with Gasteiger partial charge in [-0.3, -0.25) is 4.79 Å². The molecule has 5 nitrogen and oxygen atoms in total. The molecule has 0 atom stereocenters. The molecule has 0 aliphatic rings. The summed E-state index contributed by atoms with van der Waals surface area (Å²) in [5, 5.41) is 0. The van der Waals surface area contributed by atoms with Crippen LogP contribution in [0, 0.1) is 13.8 Å². The monoisotopic (exact) mass is 261 g/mol. The number of ether oxygens (including phenoxy) is 1. The molecule has 0 fully saturated rings. The van der Waals surface area contributed by atoms with Gasteiger partial charge in [-0.2, -0.15) is 0 Å². The highest BCUT2D eigenvalue weighted by Gasteiger charge is 2.17. The van der Waals surface area contributed by atoms with Crippen molar-refractivity contribution in [1.82, 2.24) is 4.57 Å². The second-order valence-corrected chi connectivity index (χ2v) is 4.32. The highest BCUT2D eigenvalue weighted by atomic mass is 16.5. The van der Waals surface area contributed by atoms with E-state index in [9.17, 15) is 9.59 Å². The van der Waals surface area contributed by atoms with Gasteiger partial charge in [0.25, 0.3) is 0 Å². The van der Waals surface area contributed by atoms with Crippen LogP contribution in [-0.2, 0) is 11.8 Å². The van der Waals surface area contributed by atoms with E-state index in [0.29, 0.717) is 5.56 Å². The van der Waals surface area contributed by atoms with Crippen LogP contribution in [-0.4, -0.2) is 22.9 Å². The molecular formula is C14H15NO4. The van der Waals surface area contributed by atoms with E-state index in [-0.39, 0.29) is 18.2 Å². The lowest BCUT2D eigenvalue weighted by molar-refractivity contribution is 0.0444. The van der Waals surface area contributed by atoms with Crippen LogP contribution in [0.3, 0.4) is 0 Å². The van der Waals surface area contributed by atoms with Crippen molar-refractivity contribution in [2.75, 3.05) is 6.61 Å². The standard InChI is InChI=1S/C14H15NO4/c1-9-7-11(10(2)15(9)3)12(16)8-19-14(17)13-5-4-6-18-13/h4-7H,8H2,1-3H3. The van der Waals surface area contributed by atoms with Gasteiger partial charge in [-0.05, 0) is 32.0 Å². The van der Waals surface area contributed by atoms with Crippen molar-refractivity contribution in [3.05, 3.63) is 47.2 Å². The number of aryl methyl sites for hydroxylation is 1. The molecule has 2 heterocycles. The minimum absolute atomic E-state index is 0.0914. The third-order valence-electron chi connectivity index (χ3n) is 3.13. The Morgan fingerprint density at radius 3 is 2.63 bits per heavy atom. The van der Waals surface area contributed by atoms with Gasteiger partial charge < -0.3 is 13.7 Å². The highest BCUT2D eigenvalue weighted by molar-refractivity contribution is 6.00. The SMILES string of the molecule is Cc1cc(C(=O)COC(=O)c2ccco2)c(C)n1C. The minimum atomic E-state index is -0.636. The topological polar surface area (TPSA) is 61.4 Å². The third kappa shape index (κ3) is 2.59. The van der Waals surface area contributed by atoms with E-state index in [0.717, 1.165) is 11.4 Å². The third-order valence-corrected chi connectivity index (χ3v) is 3.13. The predicted octanol–water partition coefficient (Wildman–Crippen LogP) is 2.27. The van der Waals surface area contributed by atoms with Crippen LogP contribution in [0.5, 0.6) is 0 Å². The molecule has 100 valence electrons. The maximum atomic E-state index is 12.0. The molecular weight excluding hydrogens is 246 g/mol. The lowest BCUT2D eigenvalue weighted by atomic mass is 10.1. The van der Waals surface area contributed by atoms with Crippen LogP contribution in [0.2, 0.25) is 0 Å². The smallest absolute Gasteiger partial charge is 0.374 e. The van der Waals surface area contributed by atoms with Gasteiger partial charge in [0.1, 0.15) is 0 Å². The van der Waals surface area contributed by atoms with Crippen molar-refractivity contribution in [2.45, 2.75) is 13.8 Å². The number of aromatic nitrogens is 1. The molecule has 19 heavy (non-hydrogen) atoms. The number of rotatable bonds is 4. The Bertz CT molecular complexity index is 608. The maximum absolute atomic E-state index is 12.0. The molecule has 2 rings (SSSR count). The molecule has 0 spiro atoms. The van der Waals surface area contributed by atoms with Gasteiger partial charge in [-0.25, -0.2) is 4.79 Å². The number of Topliss-reactive ketones (excluding diaryl/α,β-unsaturated/α-hetero) is 1. The normalized spacial score (nSPS) is 10.5. The first kappa shape index (κ1) is 13.1. The molecule has 0 saturated carbocycles. The number of hydrogen-bond acceptors (Lipinski definition) is 4. The molecule has 0 N–H and O–H groups in total. The fraction of sp³-hybridized carbons (Fsp3) is 0.286. The fourth-order valence-corrected chi connectivity index (χ4v) is 1.81. The number of hydrogen-bond donors (Lipinski definition) is 0. The summed E-state index contributed by atoms with van der Waals surface area (Å²) in [6.45, 7) is 3.48. The fourth-order valence-electron chi connectivity index (χ4n) is 1.81. The van der Waals surface area contributed by atoms with Gasteiger partial charge in [0, 0.05) is 24.0 Å². The first-order valence-corrected chi connectivity index (χ1v) is 5.87. The molecule has 0 aliphatic heterocycles. The quantitative estimate of drug-likeness (QED) is 0.625. The Hall–Kier alpha value is -2.30. The first-order chi connectivity index (χ1) is 9.00. The van der Waals surface area contributed by atoms with E-state index in [4.69, 9.17) is 9.15 Å². The van der Waals surface area contributed by atoms with Crippen LogP contribution in [0.25, 0.3) is 0 Å². The van der Waals surface area contributed by atoms with Crippen LogP contribution in [0.1, 0.15) is 32.3 Å². The van der Waals surface area contributed by atoms with E-state index < -0.39 is 5.97 Å². The predicted molar refractivity (Wildman–Crippen MR) is 68.2 cm³/mol. The van der Waals surface area contributed by atoms with Gasteiger partial charge >= 0.3 is 5.97 Å². The van der Waals surface area contributed by atoms with E-state index in [1.165, 1.54) is 12.3 Å². The van der Waals surface area contributed by atoms with Crippen molar-refractivity contribution >= 4 is 11.8 Å². The highest BCUT2D eigenvalue weighted by Crippen LogP contribution is 2.14. The molecule has 2 aromatic rings. The van der Waals surface area contributed by atoms with Gasteiger partial charge in [-0.1, -0.05) is 0 Å². The second-order valence-electron chi connectivity index (χ2n) is 4.32. The van der Waals surface area contributed by atoms with E-state index in [1.54, 1.807) is 12.1 Å². The number of ketones is 1. The zero-order valence-electron chi connectivity index (χ0n) is 11.1. The molecule has 0 saturated heterocycles. The van der Waals surface area contributed by atoms with Gasteiger partial charge in [-0.15, -0.1) is 0 Å². The van der Waals surface area contributed by atoms with Crippen molar-refractivity contribution in [1.29, 1.82) is 0 Å². The summed E-state index contributed by atoms with van der Waals surface area (Å²) < 4.78 is 11.7. The molecule has 0 aliphatic carbocycles. The summed E-state index contributed by atoms with van der Waals surface area (Å²) in [6.07, 6.45) is 1.38. The Kier molecular flexibility index (Phi) is 3.55. The Balaban J connectivity index is 2.02. The average Bonchev–Trinajstić information content (AvgIpc) is 3.00. The summed E-state index contributed by atoms with van der Waals surface area (Å²) in [4.78, 5) is 23.5. The van der Waals surface area contributed by atoms with Crippen molar-refractivity contribution in [2.24, 2.45) is 7.05 Å². The van der Waals surface area contributed by atoms with Gasteiger partial charge in [0.15, 0.2) is 6.61 Å². The van der Waals surface area contributed by atoms with Crippen molar-refractivity contribution in [3.8, 4) is 0 Å². The summed E-state index contributed by atoms with van der Waals surface area (Å²) in [5.74, 6) is -0.765. The number of nitrogens with zero attached hydrogens (tertiary/aromatic N) is 1. The summed E-state index contributed by atoms with van der Waals surface area (Å²) in [7, 11) is 1.89. The molecule has 0 aromatic carbocycles. The zero-order valence-corrected chi connectivity index (χ0v) is 11.1. The van der Waals surface area contributed by atoms with E-state index in [2.05, 4.69) is 0 Å². The Morgan fingerprint density at radius 2 is 2.11 bits per heavy atom. The average molecular weight is 261 g/mol. The number of carbonyl (C=O) groups excluding carboxylic acids is 2.